The highest BCUT2D eigenvalue weighted by atomic mass is 32.2. The fraction of sp³-hybridized carbons (Fsp3) is 0.190. The SMILES string of the molecule is CCOC(=O)c1sc(NC(=O)c2cccc(NS(=O)(=O)c3ccc(OC)cc3)c2)nc1C. The molecule has 0 aliphatic heterocycles. The van der Waals surface area contributed by atoms with E-state index in [1.807, 2.05) is 0 Å². The van der Waals surface area contributed by atoms with Gasteiger partial charge < -0.3 is 9.47 Å². The number of esters is 1. The van der Waals surface area contributed by atoms with Gasteiger partial charge in [0.2, 0.25) is 0 Å². The summed E-state index contributed by atoms with van der Waals surface area (Å²) in [5.41, 5.74) is 0.881. The van der Waals surface area contributed by atoms with Gasteiger partial charge in [-0.2, -0.15) is 0 Å². The molecule has 3 rings (SSSR count). The lowest BCUT2D eigenvalue weighted by Crippen LogP contribution is -2.15. The molecular weight excluding hydrogens is 454 g/mol. The minimum atomic E-state index is -3.86. The number of ether oxygens (including phenoxy) is 2. The molecule has 0 aliphatic carbocycles. The number of carbonyl (C=O) groups is 2. The van der Waals surface area contributed by atoms with E-state index in [1.54, 1.807) is 32.0 Å². The molecule has 1 amide bonds. The van der Waals surface area contributed by atoms with Crippen LogP contribution in [0.3, 0.4) is 0 Å². The summed E-state index contributed by atoms with van der Waals surface area (Å²) in [5.74, 6) is -0.469. The summed E-state index contributed by atoms with van der Waals surface area (Å²) < 4.78 is 37.7. The Balaban J connectivity index is 1.75. The summed E-state index contributed by atoms with van der Waals surface area (Å²) in [6, 6.07) is 11.9. The largest absolute Gasteiger partial charge is 0.497 e. The molecule has 0 atom stereocenters. The van der Waals surface area contributed by atoms with Gasteiger partial charge in [-0.15, -0.1) is 0 Å². The Morgan fingerprint density at radius 3 is 2.50 bits per heavy atom. The zero-order valence-electron chi connectivity index (χ0n) is 17.5. The number of sulfonamides is 1. The molecule has 0 bridgehead atoms. The van der Waals surface area contributed by atoms with E-state index in [0.717, 1.165) is 11.3 Å². The monoisotopic (exact) mass is 475 g/mol. The fourth-order valence-electron chi connectivity index (χ4n) is 2.70. The number of hydrogen-bond donors (Lipinski definition) is 2. The summed E-state index contributed by atoms with van der Waals surface area (Å²) in [4.78, 5) is 29.1. The lowest BCUT2D eigenvalue weighted by atomic mass is 10.2. The number of anilines is 2. The smallest absolute Gasteiger partial charge is 0.350 e. The van der Waals surface area contributed by atoms with Crippen LogP contribution in [0, 0.1) is 6.92 Å². The predicted octanol–water partition coefficient (Wildman–Crippen LogP) is 3.69. The second-order valence-electron chi connectivity index (χ2n) is 6.47. The molecule has 9 nitrogen and oxygen atoms in total. The number of aromatic nitrogens is 1. The minimum Gasteiger partial charge on any atom is -0.497 e. The Bertz CT molecular complexity index is 1240. The molecule has 1 heterocycles. The van der Waals surface area contributed by atoms with E-state index in [2.05, 4.69) is 15.0 Å². The van der Waals surface area contributed by atoms with E-state index < -0.39 is 21.9 Å². The molecule has 0 fully saturated rings. The number of benzene rings is 2. The van der Waals surface area contributed by atoms with Crippen molar-refractivity contribution in [3.63, 3.8) is 0 Å². The van der Waals surface area contributed by atoms with Crippen molar-refractivity contribution < 1.29 is 27.5 Å². The number of methoxy groups -OCH3 is 1. The summed E-state index contributed by atoms with van der Waals surface area (Å²) in [5, 5.41) is 2.86. The van der Waals surface area contributed by atoms with E-state index in [0.29, 0.717) is 16.3 Å². The first-order valence-corrected chi connectivity index (χ1v) is 11.8. The first kappa shape index (κ1) is 23.2. The van der Waals surface area contributed by atoms with Crippen molar-refractivity contribution in [2.45, 2.75) is 18.7 Å². The Hall–Kier alpha value is -3.44. The van der Waals surface area contributed by atoms with Crippen LogP contribution in [0.15, 0.2) is 53.4 Å². The van der Waals surface area contributed by atoms with Crippen molar-refractivity contribution in [2.24, 2.45) is 0 Å². The predicted molar refractivity (Wildman–Crippen MR) is 121 cm³/mol. The molecule has 0 unspecified atom stereocenters. The Morgan fingerprint density at radius 1 is 1.12 bits per heavy atom. The zero-order chi connectivity index (χ0) is 23.3. The number of hydrogen-bond acceptors (Lipinski definition) is 8. The standard InChI is InChI=1S/C21H21N3O6S2/c1-4-30-20(26)18-13(2)22-21(31-18)23-19(25)14-6-5-7-15(12-14)24-32(27,28)17-10-8-16(29-3)9-11-17/h5-12,24H,4H2,1-3H3,(H,22,23,25). The maximum atomic E-state index is 12.6. The third kappa shape index (κ3) is 5.42. The van der Waals surface area contributed by atoms with Crippen molar-refractivity contribution in [1.82, 2.24) is 4.98 Å². The van der Waals surface area contributed by atoms with Crippen molar-refractivity contribution in [3.8, 4) is 5.75 Å². The van der Waals surface area contributed by atoms with Crippen LogP contribution in [-0.2, 0) is 14.8 Å². The first-order valence-electron chi connectivity index (χ1n) is 9.46. The van der Waals surface area contributed by atoms with Gasteiger partial charge in [-0.3, -0.25) is 14.8 Å². The van der Waals surface area contributed by atoms with Gasteiger partial charge in [0, 0.05) is 11.3 Å². The average Bonchev–Trinajstić information content (AvgIpc) is 3.13. The molecule has 0 saturated heterocycles. The highest BCUT2D eigenvalue weighted by Crippen LogP contribution is 2.25. The van der Waals surface area contributed by atoms with Gasteiger partial charge in [0.15, 0.2) is 5.13 Å². The Morgan fingerprint density at radius 2 is 1.84 bits per heavy atom. The zero-order valence-corrected chi connectivity index (χ0v) is 19.2. The molecule has 0 spiro atoms. The normalized spacial score (nSPS) is 11.0. The highest BCUT2D eigenvalue weighted by molar-refractivity contribution is 7.92. The van der Waals surface area contributed by atoms with Gasteiger partial charge in [-0.25, -0.2) is 18.2 Å². The fourth-order valence-corrected chi connectivity index (χ4v) is 4.60. The molecule has 0 saturated carbocycles. The van der Waals surface area contributed by atoms with Crippen LogP contribution >= 0.6 is 11.3 Å². The van der Waals surface area contributed by atoms with Crippen LogP contribution in [-0.4, -0.2) is 39.0 Å². The van der Waals surface area contributed by atoms with Gasteiger partial charge >= 0.3 is 5.97 Å². The van der Waals surface area contributed by atoms with Gasteiger partial charge in [0.05, 0.1) is 24.3 Å². The average molecular weight is 476 g/mol. The lowest BCUT2D eigenvalue weighted by Gasteiger charge is -2.10. The van der Waals surface area contributed by atoms with Gasteiger partial charge in [-0.1, -0.05) is 17.4 Å². The number of amides is 1. The van der Waals surface area contributed by atoms with Crippen molar-refractivity contribution in [1.29, 1.82) is 0 Å². The van der Waals surface area contributed by atoms with Crippen LogP contribution in [0.5, 0.6) is 5.75 Å². The summed E-state index contributed by atoms with van der Waals surface area (Å²) in [6.45, 7) is 3.58. The Kier molecular flexibility index (Phi) is 7.11. The quantitative estimate of drug-likeness (QED) is 0.476. The number of nitrogens with one attached hydrogen (secondary N) is 2. The molecule has 32 heavy (non-hydrogen) atoms. The van der Waals surface area contributed by atoms with E-state index in [4.69, 9.17) is 9.47 Å². The number of thiazole rings is 1. The molecule has 168 valence electrons. The van der Waals surface area contributed by atoms with Crippen LogP contribution in [0.1, 0.15) is 32.6 Å². The maximum Gasteiger partial charge on any atom is 0.350 e. The molecule has 11 heteroatoms. The van der Waals surface area contributed by atoms with Crippen LogP contribution < -0.4 is 14.8 Å². The van der Waals surface area contributed by atoms with Crippen molar-refractivity contribution in [2.75, 3.05) is 23.8 Å². The molecule has 2 N–H and O–H groups in total. The second kappa shape index (κ2) is 9.79. The van der Waals surface area contributed by atoms with Crippen molar-refractivity contribution >= 4 is 44.1 Å². The first-order chi connectivity index (χ1) is 15.2. The summed E-state index contributed by atoms with van der Waals surface area (Å²) in [7, 11) is -2.37. The topological polar surface area (TPSA) is 124 Å². The van der Waals surface area contributed by atoms with Crippen LogP contribution in [0.2, 0.25) is 0 Å². The molecule has 3 aromatic rings. The molecule has 2 aromatic carbocycles. The minimum absolute atomic E-state index is 0.0536. The molecule has 1 aromatic heterocycles. The third-order valence-electron chi connectivity index (χ3n) is 4.22. The number of rotatable bonds is 8. The summed E-state index contributed by atoms with van der Waals surface area (Å²) >= 11 is 1.01. The Labute approximate surface area is 189 Å². The summed E-state index contributed by atoms with van der Waals surface area (Å²) in [6.07, 6.45) is 0. The highest BCUT2D eigenvalue weighted by Gasteiger charge is 2.19. The van der Waals surface area contributed by atoms with Gasteiger partial charge in [0.1, 0.15) is 10.6 Å². The number of aryl methyl sites for hydroxylation is 1. The van der Waals surface area contributed by atoms with E-state index in [-0.39, 0.29) is 27.9 Å². The van der Waals surface area contributed by atoms with Crippen molar-refractivity contribution in [3.05, 3.63) is 64.7 Å². The van der Waals surface area contributed by atoms with E-state index >= 15 is 0 Å². The van der Waals surface area contributed by atoms with Gasteiger partial charge in [0.25, 0.3) is 15.9 Å². The molecule has 0 aliphatic rings. The van der Waals surface area contributed by atoms with Gasteiger partial charge in [-0.05, 0) is 56.3 Å². The van der Waals surface area contributed by atoms with E-state index in [1.165, 1.54) is 37.4 Å². The number of nitrogens with zero attached hydrogens (tertiary/aromatic N) is 1. The maximum absolute atomic E-state index is 12.6. The lowest BCUT2D eigenvalue weighted by molar-refractivity contribution is 0.0531. The molecule has 0 radical (unpaired) electrons. The van der Waals surface area contributed by atoms with E-state index in [9.17, 15) is 18.0 Å². The second-order valence-corrected chi connectivity index (χ2v) is 9.15. The van der Waals surface area contributed by atoms with Crippen LogP contribution in [0.25, 0.3) is 0 Å². The van der Waals surface area contributed by atoms with Crippen LogP contribution in [0.4, 0.5) is 10.8 Å². The third-order valence-corrected chi connectivity index (χ3v) is 6.67. The molecular formula is C21H21N3O6S2. The number of carbonyl (C=O) groups excluding carboxylic acids is 2.